The molecule has 0 fully saturated rings. The van der Waals surface area contributed by atoms with Crippen LogP contribution in [0.2, 0.25) is 0 Å². The topological polar surface area (TPSA) is 34.9 Å². The molecule has 0 aliphatic heterocycles. The monoisotopic (exact) mass is 286 g/mol. The second-order valence-corrected chi connectivity index (χ2v) is 4.71. The van der Waals surface area contributed by atoms with Crippen LogP contribution >= 0.6 is 11.8 Å². The largest absolute Gasteiger partial charge is 0.398 e. The molecule has 0 atom stereocenters. The molecule has 2 aromatic heterocycles. The Labute approximate surface area is 111 Å². The summed E-state index contributed by atoms with van der Waals surface area (Å²) < 4.78 is 37.6. The van der Waals surface area contributed by atoms with Crippen LogP contribution in [0.25, 0.3) is 5.82 Å². The molecule has 3 nitrogen and oxygen atoms in total. The van der Waals surface area contributed by atoms with Gasteiger partial charge in [-0.25, -0.2) is 4.98 Å². The fourth-order valence-electron chi connectivity index (χ4n) is 1.39. The Bertz CT molecular complexity index is 610. The van der Waals surface area contributed by atoms with Crippen LogP contribution in [0.5, 0.6) is 0 Å². The first-order valence-corrected chi connectivity index (χ1v) is 6.28. The number of alkyl halides is 3. The number of pyridine rings is 2. The minimum atomic E-state index is -4.24. The lowest BCUT2D eigenvalue weighted by Gasteiger charge is -2.08. The van der Waals surface area contributed by atoms with Crippen molar-refractivity contribution in [2.75, 3.05) is 5.75 Å². The molecule has 0 aliphatic carbocycles. The number of nitrogens with zero attached hydrogens (tertiary/aromatic N) is 2. The van der Waals surface area contributed by atoms with Crippen LogP contribution < -0.4 is 5.56 Å². The van der Waals surface area contributed by atoms with E-state index >= 15 is 0 Å². The highest BCUT2D eigenvalue weighted by molar-refractivity contribution is 7.99. The van der Waals surface area contributed by atoms with Gasteiger partial charge in [0, 0.05) is 23.4 Å². The molecule has 0 bridgehead atoms. The first-order valence-electron chi connectivity index (χ1n) is 5.29. The zero-order valence-corrected chi connectivity index (χ0v) is 10.4. The van der Waals surface area contributed by atoms with Crippen LogP contribution in [-0.4, -0.2) is 21.5 Å². The van der Waals surface area contributed by atoms with Crippen molar-refractivity contribution in [3.63, 3.8) is 0 Å². The molecule has 100 valence electrons. The molecule has 0 spiro atoms. The van der Waals surface area contributed by atoms with Gasteiger partial charge in [-0.1, -0.05) is 6.07 Å². The van der Waals surface area contributed by atoms with Crippen molar-refractivity contribution in [3.05, 3.63) is 53.1 Å². The van der Waals surface area contributed by atoms with Crippen molar-refractivity contribution in [2.45, 2.75) is 11.1 Å². The second-order valence-electron chi connectivity index (χ2n) is 3.66. The molecule has 0 unspecified atom stereocenters. The molecule has 0 amide bonds. The highest BCUT2D eigenvalue weighted by atomic mass is 32.2. The molecule has 0 saturated carbocycles. The van der Waals surface area contributed by atoms with Gasteiger partial charge in [0.1, 0.15) is 5.82 Å². The summed E-state index contributed by atoms with van der Waals surface area (Å²) in [5.41, 5.74) is -0.338. The lowest BCUT2D eigenvalue weighted by Crippen LogP contribution is -2.17. The van der Waals surface area contributed by atoms with Crippen molar-refractivity contribution < 1.29 is 13.2 Å². The summed E-state index contributed by atoms with van der Waals surface area (Å²) in [5.74, 6) is -0.616. The SMILES string of the molecule is O=c1ccc(SCC(F)(F)F)cn1-c1ccccn1. The van der Waals surface area contributed by atoms with Gasteiger partial charge in [-0.3, -0.25) is 9.36 Å². The van der Waals surface area contributed by atoms with Gasteiger partial charge in [0.05, 0.1) is 5.75 Å². The quantitative estimate of drug-likeness (QED) is 0.814. The van der Waals surface area contributed by atoms with Crippen molar-refractivity contribution in [1.82, 2.24) is 9.55 Å². The fourth-order valence-corrected chi connectivity index (χ4v) is 2.07. The zero-order valence-electron chi connectivity index (χ0n) is 9.59. The Morgan fingerprint density at radius 3 is 2.63 bits per heavy atom. The van der Waals surface area contributed by atoms with Crippen molar-refractivity contribution in [1.29, 1.82) is 0 Å². The van der Waals surface area contributed by atoms with Gasteiger partial charge >= 0.3 is 6.18 Å². The summed E-state index contributed by atoms with van der Waals surface area (Å²) >= 11 is 0.632. The Morgan fingerprint density at radius 1 is 1.21 bits per heavy atom. The third-order valence-electron chi connectivity index (χ3n) is 2.18. The predicted molar refractivity (Wildman–Crippen MR) is 66.6 cm³/mol. The van der Waals surface area contributed by atoms with Crippen LogP contribution in [0, 0.1) is 0 Å². The van der Waals surface area contributed by atoms with Crippen molar-refractivity contribution in [3.8, 4) is 5.82 Å². The first kappa shape index (κ1) is 13.7. The standard InChI is InChI=1S/C12H9F3N2OS/c13-12(14,15)8-19-9-4-5-11(18)17(7-9)10-3-1-2-6-16-10/h1-7H,8H2. The maximum absolute atomic E-state index is 12.1. The summed E-state index contributed by atoms with van der Waals surface area (Å²) in [6.45, 7) is 0. The average Bonchev–Trinajstić information content (AvgIpc) is 2.38. The molecule has 0 aliphatic rings. The van der Waals surface area contributed by atoms with Gasteiger partial charge in [0.15, 0.2) is 0 Å². The molecule has 0 radical (unpaired) electrons. The van der Waals surface area contributed by atoms with Gasteiger partial charge < -0.3 is 0 Å². The third kappa shape index (κ3) is 3.85. The lowest BCUT2D eigenvalue weighted by molar-refractivity contribution is -0.105. The Hall–Kier alpha value is -1.76. The van der Waals surface area contributed by atoms with Crippen LogP contribution in [-0.2, 0) is 0 Å². The number of halogens is 3. The maximum atomic E-state index is 12.1. The van der Waals surface area contributed by atoms with Crippen LogP contribution in [0.3, 0.4) is 0 Å². The van der Waals surface area contributed by atoms with Crippen LogP contribution in [0.15, 0.2) is 52.4 Å². The van der Waals surface area contributed by atoms with E-state index in [4.69, 9.17) is 0 Å². The highest BCUT2D eigenvalue weighted by Gasteiger charge is 2.27. The summed E-state index contributed by atoms with van der Waals surface area (Å²) in [6, 6.07) is 7.60. The molecule has 0 aromatic carbocycles. The van der Waals surface area contributed by atoms with Crippen LogP contribution in [0.4, 0.5) is 13.2 Å². The minimum absolute atomic E-state index is 0.338. The Kier molecular flexibility index (Phi) is 3.94. The van der Waals surface area contributed by atoms with Gasteiger partial charge in [-0.05, 0) is 18.2 Å². The van der Waals surface area contributed by atoms with Gasteiger partial charge in [0.25, 0.3) is 5.56 Å². The van der Waals surface area contributed by atoms with E-state index in [1.807, 2.05) is 0 Å². The highest BCUT2D eigenvalue weighted by Crippen LogP contribution is 2.26. The second kappa shape index (κ2) is 5.48. The van der Waals surface area contributed by atoms with E-state index in [-0.39, 0.29) is 5.56 Å². The van der Waals surface area contributed by atoms with Crippen molar-refractivity contribution in [2.24, 2.45) is 0 Å². The molecular weight excluding hydrogens is 277 g/mol. The number of aromatic nitrogens is 2. The molecular formula is C12H9F3N2OS. The smallest absolute Gasteiger partial charge is 0.269 e. The number of hydrogen-bond donors (Lipinski definition) is 0. The zero-order chi connectivity index (χ0) is 13.9. The van der Waals surface area contributed by atoms with Crippen LogP contribution in [0.1, 0.15) is 0 Å². The molecule has 2 aromatic rings. The van der Waals surface area contributed by atoms with E-state index in [9.17, 15) is 18.0 Å². The van der Waals surface area contributed by atoms with Crippen molar-refractivity contribution >= 4 is 11.8 Å². The number of rotatable bonds is 3. The third-order valence-corrected chi connectivity index (χ3v) is 3.23. The average molecular weight is 286 g/mol. The van der Waals surface area contributed by atoms with E-state index in [0.29, 0.717) is 22.5 Å². The van der Waals surface area contributed by atoms with Gasteiger partial charge in [-0.2, -0.15) is 13.2 Å². The molecule has 0 N–H and O–H groups in total. The minimum Gasteiger partial charge on any atom is -0.269 e. The predicted octanol–water partition coefficient (Wildman–Crippen LogP) is 2.89. The Morgan fingerprint density at radius 2 is 2.00 bits per heavy atom. The van der Waals surface area contributed by atoms with E-state index in [0.717, 1.165) is 0 Å². The molecule has 0 saturated heterocycles. The van der Waals surface area contributed by atoms with E-state index in [1.54, 1.807) is 18.2 Å². The maximum Gasteiger partial charge on any atom is 0.398 e. The van der Waals surface area contributed by atoms with Gasteiger partial charge in [-0.15, -0.1) is 11.8 Å². The first-order chi connectivity index (χ1) is 8.96. The van der Waals surface area contributed by atoms with E-state index < -0.39 is 11.9 Å². The summed E-state index contributed by atoms with van der Waals surface area (Å²) in [5, 5.41) is 0. The lowest BCUT2D eigenvalue weighted by atomic mass is 10.4. The fraction of sp³-hybridized carbons (Fsp3) is 0.167. The molecule has 7 heteroatoms. The van der Waals surface area contributed by atoms with Gasteiger partial charge in [0.2, 0.25) is 0 Å². The van der Waals surface area contributed by atoms with E-state index in [2.05, 4.69) is 4.98 Å². The number of thioether (sulfide) groups is 1. The van der Waals surface area contributed by atoms with E-state index in [1.165, 1.54) is 29.1 Å². The molecule has 2 rings (SSSR count). The summed E-state index contributed by atoms with van der Waals surface area (Å²) in [6.07, 6.45) is -1.37. The number of hydrogen-bond acceptors (Lipinski definition) is 3. The normalized spacial score (nSPS) is 11.5. The Balaban J connectivity index is 2.28. The summed E-state index contributed by atoms with van der Waals surface area (Å²) in [4.78, 5) is 16.0. The molecule has 2 heterocycles. The summed E-state index contributed by atoms with van der Waals surface area (Å²) in [7, 11) is 0. The molecule has 19 heavy (non-hydrogen) atoms.